The molecule has 2 saturated heterocycles. The highest BCUT2D eigenvalue weighted by atomic mass is 32.1. The highest BCUT2D eigenvalue weighted by Crippen LogP contribution is 2.39. The Morgan fingerprint density at radius 2 is 2.04 bits per heavy atom. The van der Waals surface area contributed by atoms with Crippen molar-refractivity contribution in [1.82, 2.24) is 14.9 Å². The average Bonchev–Trinajstić information content (AvgIpc) is 3.27. The maximum atomic E-state index is 6.25. The highest BCUT2D eigenvalue weighted by molar-refractivity contribution is 7.16. The minimum Gasteiger partial charge on any atom is -0.467 e. The summed E-state index contributed by atoms with van der Waals surface area (Å²) in [6, 6.07) is 9.86. The molecule has 2 fully saturated rings. The van der Waals surface area contributed by atoms with Crippen LogP contribution >= 0.6 is 11.3 Å². The van der Waals surface area contributed by atoms with Crippen molar-refractivity contribution in [2.75, 3.05) is 7.05 Å². The van der Waals surface area contributed by atoms with E-state index in [0.29, 0.717) is 18.2 Å². The van der Waals surface area contributed by atoms with Gasteiger partial charge in [0.15, 0.2) is 0 Å². The molecule has 24 heavy (non-hydrogen) atoms. The summed E-state index contributed by atoms with van der Waals surface area (Å²) in [6.07, 6.45) is 9.16. The minimum absolute atomic E-state index is 0.320. The number of hydrogen-bond donors (Lipinski definition) is 1. The van der Waals surface area contributed by atoms with E-state index in [1.165, 1.54) is 28.7 Å². The molecule has 2 bridgehead atoms. The van der Waals surface area contributed by atoms with Crippen LogP contribution in [0.1, 0.15) is 25.7 Å². The Morgan fingerprint density at radius 1 is 1.21 bits per heavy atom. The molecule has 5 heteroatoms. The van der Waals surface area contributed by atoms with Crippen LogP contribution < -0.4 is 4.74 Å². The summed E-state index contributed by atoms with van der Waals surface area (Å²) >= 11 is 1.66. The normalized spacial score (nSPS) is 27.0. The number of nitrogens with zero attached hydrogens (tertiary/aromatic N) is 2. The van der Waals surface area contributed by atoms with E-state index in [4.69, 9.17) is 4.74 Å². The lowest BCUT2D eigenvalue weighted by molar-refractivity contribution is 0.0660. The van der Waals surface area contributed by atoms with Gasteiger partial charge in [0.05, 0.1) is 4.88 Å². The summed E-state index contributed by atoms with van der Waals surface area (Å²) in [6.45, 7) is 0. The predicted octanol–water partition coefficient (Wildman–Crippen LogP) is 4.30. The molecule has 1 aromatic carbocycles. The first kappa shape index (κ1) is 14.5. The third-order valence-electron chi connectivity index (χ3n) is 5.67. The van der Waals surface area contributed by atoms with Crippen molar-refractivity contribution in [2.45, 2.75) is 43.9 Å². The second kappa shape index (κ2) is 5.60. The number of fused-ring (bicyclic) bond motifs is 3. The van der Waals surface area contributed by atoms with E-state index in [-0.39, 0.29) is 0 Å². The Kier molecular flexibility index (Phi) is 3.38. The quantitative estimate of drug-likeness (QED) is 0.774. The number of piperidine rings is 1. The molecule has 5 rings (SSSR count). The molecular weight excluding hydrogens is 318 g/mol. The largest absolute Gasteiger partial charge is 0.467 e. The van der Waals surface area contributed by atoms with Gasteiger partial charge in [0.2, 0.25) is 0 Å². The lowest BCUT2D eigenvalue weighted by Crippen LogP contribution is -2.43. The Morgan fingerprint density at radius 3 is 2.88 bits per heavy atom. The molecule has 2 aliphatic rings. The van der Waals surface area contributed by atoms with Crippen LogP contribution in [0, 0.1) is 0 Å². The van der Waals surface area contributed by atoms with Gasteiger partial charge in [-0.05, 0) is 44.9 Å². The number of benzene rings is 1. The van der Waals surface area contributed by atoms with Crippen LogP contribution in [0.15, 0.2) is 36.7 Å². The summed E-state index contributed by atoms with van der Waals surface area (Å²) in [7, 11) is 2.26. The summed E-state index contributed by atoms with van der Waals surface area (Å²) in [5.41, 5.74) is 2.39. The van der Waals surface area contributed by atoms with Crippen LogP contribution in [0.4, 0.5) is 0 Å². The third-order valence-corrected chi connectivity index (χ3v) is 6.59. The van der Waals surface area contributed by atoms with Crippen LogP contribution in [0.25, 0.3) is 21.3 Å². The van der Waals surface area contributed by atoms with Crippen LogP contribution in [0.2, 0.25) is 0 Å². The second-order valence-electron chi connectivity index (χ2n) is 7.00. The van der Waals surface area contributed by atoms with E-state index in [1.54, 1.807) is 11.3 Å². The van der Waals surface area contributed by atoms with Crippen molar-refractivity contribution in [3.8, 4) is 15.6 Å². The molecule has 1 N–H and O–H groups in total. The minimum atomic E-state index is 0.320. The standard InChI is InChI=1S/C19H21N3OS/c1-22-12-5-6-13(22)10-14(9-12)23-19-21-11-18(24-19)16-3-2-4-17-15(16)7-8-20-17/h2-4,7-8,11-14,20H,5-6,9-10H2,1H3/t12-,13?,14?/m0/s1. The zero-order chi connectivity index (χ0) is 16.1. The van der Waals surface area contributed by atoms with Crippen LogP contribution in [0.3, 0.4) is 0 Å². The van der Waals surface area contributed by atoms with Crippen molar-refractivity contribution in [3.05, 3.63) is 36.7 Å². The molecule has 2 aromatic heterocycles. The molecule has 3 atom stereocenters. The molecular formula is C19H21N3OS. The van der Waals surface area contributed by atoms with E-state index < -0.39 is 0 Å². The van der Waals surface area contributed by atoms with Gasteiger partial charge >= 0.3 is 0 Å². The maximum absolute atomic E-state index is 6.25. The lowest BCUT2D eigenvalue weighted by Gasteiger charge is -2.35. The first-order valence-electron chi connectivity index (χ1n) is 8.69. The van der Waals surface area contributed by atoms with Gasteiger partial charge in [0.1, 0.15) is 6.10 Å². The Bertz CT molecular complexity index is 856. The molecule has 0 saturated carbocycles. The van der Waals surface area contributed by atoms with Crippen molar-refractivity contribution < 1.29 is 4.74 Å². The van der Waals surface area contributed by atoms with E-state index in [1.807, 2.05) is 12.4 Å². The Balaban J connectivity index is 1.37. The van der Waals surface area contributed by atoms with E-state index >= 15 is 0 Å². The Labute approximate surface area is 145 Å². The van der Waals surface area contributed by atoms with Gasteiger partial charge in [-0.3, -0.25) is 0 Å². The number of aromatic nitrogens is 2. The molecule has 0 aliphatic carbocycles. The van der Waals surface area contributed by atoms with E-state index in [9.17, 15) is 0 Å². The zero-order valence-corrected chi connectivity index (χ0v) is 14.6. The molecule has 3 aromatic rings. The first-order valence-corrected chi connectivity index (χ1v) is 9.50. The summed E-state index contributed by atoms with van der Waals surface area (Å²) in [5, 5.41) is 2.05. The topological polar surface area (TPSA) is 41.1 Å². The number of aromatic amines is 1. The maximum Gasteiger partial charge on any atom is 0.273 e. The highest BCUT2D eigenvalue weighted by Gasteiger charge is 2.39. The summed E-state index contributed by atoms with van der Waals surface area (Å²) in [5.74, 6) is 0. The lowest BCUT2D eigenvalue weighted by atomic mass is 10.0. The Hall–Kier alpha value is -1.85. The van der Waals surface area contributed by atoms with Gasteiger partial charge in [-0.25, -0.2) is 4.98 Å². The monoisotopic (exact) mass is 339 g/mol. The van der Waals surface area contributed by atoms with Crippen LogP contribution in [0.5, 0.6) is 5.19 Å². The molecule has 2 aliphatic heterocycles. The molecule has 0 amide bonds. The van der Waals surface area contributed by atoms with Crippen molar-refractivity contribution in [1.29, 1.82) is 0 Å². The molecule has 4 heterocycles. The number of hydrogen-bond acceptors (Lipinski definition) is 4. The fourth-order valence-electron chi connectivity index (χ4n) is 4.34. The van der Waals surface area contributed by atoms with Gasteiger partial charge in [-0.2, -0.15) is 0 Å². The summed E-state index contributed by atoms with van der Waals surface area (Å²) < 4.78 is 6.25. The average molecular weight is 339 g/mol. The van der Waals surface area contributed by atoms with Gasteiger partial charge in [-0.1, -0.05) is 23.5 Å². The van der Waals surface area contributed by atoms with E-state index in [2.05, 4.69) is 46.2 Å². The fraction of sp³-hybridized carbons (Fsp3) is 0.421. The predicted molar refractivity (Wildman–Crippen MR) is 97.6 cm³/mol. The van der Waals surface area contributed by atoms with Gasteiger partial charge in [-0.15, -0.1) is 0 Å². The van der Waals surface area contributed by atoms with Crippen molar-refractivity contribution in [3.63, 3.8) is 0 Å². The first-order chi connectivity index (χ1) is 11.8. The van der Waals surface area contributed by atoms with Gasteiger partial charge in [0, 0.05) is 40.9 Å². The van der Waals surface area contributed by atoms with Crippen molar-refractivity contribution in [2.24, 2.45) is 0 Å². The van der Waals surface area contributed by atoms with Crippen LogP contribution in [-0.2, 0) is 0 Å². The molecule has 124 valence electrons. The molecule has 0 spiro atoms. The molecule has 0 radical (unpaired) electrons. The van der Waals surface area contributed by atoms with Crippen molar-refractivity contribution >= 4 is 22.2 Å². The molecule has 4 nitrogen and oxygen atoms in total. The molecule has 2 unspecified atom stereocenters. The smallest absolute Gasteiger partial charge is 0.273 e. The fourth-order valence-corrected chi connectivity index (χ4v) is 5.21. The zero-order valence-electron chi connectivity index (χ0n) is 13.7. The number of rotatable bonds is 3. The van der Waals surface area contributed by atoms with Gasteiger partial charge in [0.25, 0.3) is 5.19 Å². The summed E-state index contributed by atoms with van der Waals surface area (Å²) in [4.78, 5) is 11.5. The number of ether oxygens (including phenoxy) is 1. The van der Waals surface area contributed by atoms with E-state index in [0.717, 1.165) is 23.6 Å². The van der Waals surface area contributed by atoms with Gasteiger partial charge < -0.3 is 14.6 Å². The number of nitrogens with one attached hydrogen (secondary N) is 1. The second-order valence-corrected chi connectivity index (χ2v) is 7.99. The third kappa shape index (κ3) is 2.34. The number of thiazole rings is 1. The SMILES string of the molecule is CN1C2CC[C@H]1CC(Oc1ncc(-c3cccc4[nH]ccc34)s1)C2. The number of H-pyrrole nitrogens is 1. The van der Waals surface area contributed by atoms with Crippen LogP contribution in [-0.4, -0.2) is 40.1 Å².